The van der Waals surface area contributed by atoms with Gasteiger partial charge in [-0.25, -0.2) is 18.7 Å². The summed E-state index contributed by atoms with van der Waals surface area (Å²) in [5.41, 5.74) is 0.0620. The number of rotatable bonds is 4. The van der Waals surface area contributed by atoms with Gasteiger partial charge < -0.3 is 9.64 Å². The summed E-state index contributed by atoms with van der Waals surface area (Å²) in [5, 5.41) is 0.489. The Hall–Kier alpha value is -1.99. The molecule has 1 fully saturated rings. The first-order chi connectivity index (χ1) is 11.6. The second kappa shape index (κ2) is 7.27. The maximum absolute atomic E-state index is 14.0. The minimum Gasteiger partial charge on any atom is -0.497 e. The van der Waals surface area contributed by atoms with E-state index in [0.717, 1.165) is 0 Å². The van der Waals surface area contributed by atoms with E-state index in [-0.39, 0.29) is 17.9 Å². The third-order valence-electron chi connectivity index (χ3n) is 3.99. The zero-order chi connectivity index (χ0) is 17.1. The molecular weight excluding hydrogens is 338 g/mol. The molecule has 0 spiro atoms. The predicted molar refractivity (Wildman–Crippen MR) is 87.4 cm³/mol. The van der Waals surface area contributed by atoms with Gasteiger partial charge in [-0.05, 0) is 0 Å². The van der Waals surface area contributed by atoms with Crippen LogP contribution in [0.25, 0.3) is 0 Å². The Labute approximate surface area is 143 Å². The summed E-state index contributed by atoms with van der Waals surface area (Å²) >= 11 is 5.78. The summed E-state index contributed by atoms with van der Waals surface area (Å²) in [6, 6.07) is 2.41. The van der Waals surface area contributed by atoms with Crippen LogP contribution in [0.15, 0.2) is 24.5 Å². The van der Waals surface area contributed by atoms with E-state index in [0.29, 0.717) is 37.1 Å². The molecule has 1 aliphatic rings. The lowest BCUT2D eigenvalue weighted by Gasteiger charge is -2.34. The molecule has 8 heteroatoms. The van der Waals surface area contributed by atoms with Crippen LogP contribution >= 0.6 is 11.6 Å². The summed E-state index contributed by atoms with van der Waals surface area (Å²) in [6.45, 7) is 2.91. The number of nitrogens with zero attached hydrogens (tertiary/aromatic N) is 4. The lowest BCUT2D eigenvalue weighted by molar-refractivity contribution is 0.241. The van der Waals surface area contributed by atoms with Crippen LogP contribution in [0.2, 0.25) is 5.02 Å². The van der Waals surface area contributed by atoms with E-state index >= 15 is 0 Å². The van der Waals surface area contributed by atoms with Crippen molar-refractivity contribution >= 4 is 17.5 Å². The van der Waals surface area contributed by atoms with Crippen molar-refractivity contribution in [2.75, 3.05) is 38.2 Å². The van der Waals surface area contributed by atoms with Crippen LogP contribution in [0, 0.1) is 11.6 Å². The number of benzene rings is 1. The lowest BCUT2D eigenvalue weighted by atomic mass is 10.1. The van der Waals surface area contributed by atoms with Crippen LogP contribution in [-0.4, -0.2) is 48.2 Å². The quantitative estimate of drug-likeness (QED) is 0.844. The van der Waals surface area contributed by atoms with Crippen LogP contribution in [0.3, 0.4) is 0 Å². The van der Waals surface area contributed by atoms with Crippen molar-refractivity contribution in [1.29, 1.82) is 0 Å². The average molecular weight is 355 g/mol. The highest BCUT2D eigenvalue weighted by molar-refractivity contribution is 6.30. The van der Waals surface area contributed by atoms with E-state index in [1.54, 1.807) is 12.4 Å². The molecule has 1 saturated heterocycles. The molecular formula is C16H17ClF2N4O. The molecule has 0 aliphatic carbocycles. The van der Waals surface area contributed by atoms with E-state index < -0.39 is 11.6 Å². The molecule has 0 unspecified atom stereocenters. The largest absolute Gasteiger partial charge is 0.497 e. The Balaban J connectivity index is 1.62. The van der Waals surface area contributed by atoms with Crippen molar-refractivity contribution in [3.63, 3.8) is 0 Å². The lowest BCUT2D eigenvalue weighted by Crippen LogP contribution is -2.46. The van der Waals surface area contributed by atoms with Crippen molar-refractivity contribution in [3.05, 3.63) is 46.7 Å². The van der Waals surface area contributed by atoms with Gasteiger partial charge in [0.25, 0.3) is 0 Å². The number of hydrogen-bond donors (Lipinski definition) is 0. The number of methoxy groups -OCH3 is 1. The molecule has 0 saturated carbocycles. The molecule has 0 amide bonds. The smallest absolute Gasteiger partial charge is 0.225 e. The standard InChI is InChI=1S/C16H17ClF2N4O/c1-24-12-6-14(18)13(15(19)7-12)10-22-2-4-23(5-3-22)16-20-8-11(17)9-21-16/h6-9H,2-5,10H2,1H3. The zero-order valence-electron chi connectivity index (χ0n) is 13.2. The first kappa shape index (κ1) is 16.9. The van der Waals surface area contributed by atoms with Gasteiger partial charge in [0.2, 0.25) is 5.95 Å². The Morgan fingerprint density at radius 1 is 1.08 bits per heavy atom. The SMILES string of the molecule is COc1cc(F)c(CN2CCN(c3ncc(Cl)cn3)CC2)c(F)c1. The molecule has 0 bridgehead atoms. The molecule has 0 N–H and O–H groups in total. The number of ether oxygens (including phenoxy) is 1. The Morgan fingerprint density at radius 3 is 2.21 bits per heavy atom. The monoisotopic (exact) mass is 354 g/mol. The van der Waals surface area contributed by atoms with Crippen molar-refractivity contribution in [3.8, 4) is 5.75 Å². The normalized spacial score (nSPS) is 15.6. The summed E-state index contributed by atoms with van der Waals surface area (Å²) in [4.78, 5) is 12.4. The van der Waals surface area contributed by atoms with Gasteiger partial charge in [0.05, 0.1) is 24.5 Å². The van der Waals surface area contributed by atoms with E-state index in [9.17, 15) is 8.78 Å². The first-order valence-corrected chi connectivity index (χ1v) is 7.91. The number of aromatic nitrogens is 2. The number of piperazine rings is 1. The summed E-state index contributed by atoms with van der Waals surface area (Å²) in [5.74, 6) is -0.384. The summed E-state index contributed by atoms with van der Waals surface area (Å²) < 4.78 is 33.0. The van der Waals surface area contributed by atoms with E-state index in [1.807, 2.05) is 9.80 Å². The van der Waals surface area contributed by atoms with Crippen LogP contribution in [0.4, 0.5) is 14.7 Å². The highest BCUT2D eigenvalue weighted by Gasteiger charge is 2.21. The van der Waals surface area contributed by atoms with Crippen LogP contribution in [0.5, 0.6) is 5.75 Å². The highest BCUT2D eigenvalue weighted by Crippen LogP contribution is 2.22. The molecule has 128 valence electrons. The van der Waals surface area contributed by atoms with Gasteiger partial charge in [-0.3, -0.25) is 4.90 Å². The average Bonchev–Trinajstić information content (AvgIpc) is 2.59. The van der Waals surface area contributed by atoms with Gasteiger partial charge in [-0.15, -0.1) is 0 Å². The highest BCUT2D eigenvalue weighted by atomic mass is 35.5. The van der Waals surface area contributed by atoms with Gasteiger partial charge in [0, 0.05) is 50.4 Å². The second-order valence-corrected chi connectivity index (χ2v) is 5.97. The zero-order valence-corrected chi connectivity index (χ0v) is 13.9. The van der Waals surface area contributed by atoms with Gasteiger partial charge in [-0.1, -0.05) is 11.6 Å². The maximum atomic E-state index is 14.0. The number of halogens is 3. The fourth-order valence-corrected chi connectivity index (χ4v) is 2.74. The third-order valence-corrected chi connectivity index (χ3v) is 4.19. The van der Waals surface area contributed by atoms with Crippen molar-refractivity contribution in [2.24, 2.45) is 0 Å². The fraction of sp³-hybridized carbons (Fsp3) is 0.375. The Morgan fingerprint density at radius 2 is 1.67 bits per heavy atom. The molecule has 0 radical (unpaired) electrons. The molecule has 1 aromatic carbocycles. The van der Waals surface area contributed by atoms with E-state index in [4.69, 9.17) is 16.3 Å². The molecule has 2 aromatic rings. The van der Waals surface area contributed by atoms with Crippen molar-refractivity contribution < 1.29 is 13.5 Å². The van der Waals surface area contributed by atoms with Gasteiger partial charge >= 0.3 is 0 Å². The maximum Gasteiger partial charge on any atom is 0.225 e. The molecule has 0 atom stereocenters. The topological polar surface area (TPSA) is 41.5 Å². The molecule has 24 heavy (non-hydrogen) atoms. The minimum atomic E-state index is -0.588. The number of anilines is 1. The molecule has 1 aliphatic heterocycles. The summed E-state index contributed by atoms with van der Waals surface area (Å²) in [7, 11) is 1.38. The van der Waals surface area contributed by atoms with Crippen molar-refractivity contribution in [2.45, 2.75) is 6.54 Å². The van der Waals surface area contributed by atoms with Crippen LogP contribution in [-0.2, 0) is 6.54 Å². The minimum absolute atomic E-state index is 0.0620. The van der Waals surface area contributed by atoms with Gasteiger partial charge in [0.1, 0.15) is 17.4 Å². The summed E-state index contributed by atoms with van der Waals surface area (Å²) in [6.07, 6.45) is 3.11. The molecule has 2 heterocycles. The molecule has 1 aromatic heterocycles. The molecule has 3 rings (SSSR count). The predicted octanol–water partition coefficient (Wildman–Crippen LogP) is 2.74. The first-order valence-electron chi connectivity index (χ1n) is 7.53. The Kier molecular flexibility index (Phi) is 5.11. The number of hydrogen-bond acceptors (Lipinski definition) is 5. The third kappa shape index (κ3) is 3.73. The fourth-order valence-electron chi connectivity index (χ4n) is 2.65. The van der Waals surface area contributed by atoms with Crippen LogP contribution < -0.4 is 9.64 Å². The molecule has 5 nitrogen and oxygen atoms in total. The van der Waals surface area contributed by atoms with E-state index in [2.05, 4.69) is 9.97 Å². The second-order valence-electron chi connectivity index (χ2n) is 5.53. The van der Waals surface area contributed by atoms with Crippen LogP contribution in [0.1, 0.15) is 5.56 Å². The van der Waals surface area contributed by atoms with E-state index in [1.165, 1.54) is 19.2 Å². The van der Waals surface area contributed by atoms with Gasteiger partial charge in [0.15, 0.2) is 0 Å². The van der Waals surface area contributed by atoms with Crippen molar-refractivity contribution in [1.82, 2.24) is 14.9 Å². The van der Waals surface area contributed by atoms with Gasteiger partial charge in [-0.2, -0.15) is 0 Å². The Bertz CT molecular complexity index is 683.